The van der Waals surface area contributed by atoms with Crippen LogP contribution in [0.3, 0.4) is 0 Å². The van der Waals surface area contributed by atoms with Gasteiger partial charge in [0.1, 0.15) is 6.54 Å². The maximum absolute atomic E-state index is 12.5. The number of rotatable bonds is 5. The van der Waals surface area contributed by atoms with Crippen molar-refractivity contribution in [1.29, 1.82) is 0 Å². The van der Waals surface area contributed by atoms with E-state index in [1.807, 2.05) is 0 Å². The summed E-state index contributed by atoms with van der Waals surface area (Å²) in [7, 11) is 0. The third-order valence-corrected chi connectivity index (χ3v) is 3.32. The van der Waals surface area contributed by atoms with E-state index in [9.17, 15) is 18.0 Å². The van der Waals surface area contributed by atoms with E-state index in [1.54, 1.807) is 33.8 Å². The molecule has 1 amide bonds. The zero-order valence-corrected chi connectivity index (χ0v) is 12.6. The van der Waals surface area contributed by atoms with Gasteiger partial charge in [-0.1, -0.05) is 6.08 Å². The molecule has 0 fully saturated rings. The first-order valence-corrected chi connectivity index (χ1v) is 6.60. The Hall–Kier alpha value is -1.79. The molecule has 0 spiro atoms. The Morgan fingerprint density at radius 1 is 1.43 bits per heavy atom. The lowest BCUT2D eigenvalue weighted by Crippen LogP contribution is -2.34. The van der Waals surface area contributed by atoms with Gasteiger partial charge in [0.25, 0.3) is 0 Å². The molecule has 118 valence electrons. The molecule has 0 saturated heterocycles. The molecular formula is C14H20F3N3O. The Morgan fingerprint density at radius 3 is 2.48 bits per heavy atom. The highest BCUT2D eigenvalue weighted by atomic mass is 19.4. The van der Waals surface area contributed by atoms with E-state index in [0.29, 0.717) is 17.0 Å². The number of hydrogen-bond donors (Lipinski definition) is 1. The third-order valence-electron chi connectivity index (χ3n) is 3.32. The van der Waals surface area contributed by atoms with Crippen LogP contribution in [-0.4, -0.2) is 27.9 Å². The maximum Gasteiger partial charge on any atom is 0.408 e. The van der Waals surface area contributed by atoms with Crippen molar-refractivity contribution < 1.29 is 18.0 Å². The van der Waals surface area contributed by atoms with Gasteiger partial charge in [0.05, 0.1) is 11.6 Å². The van der Waals surface area contributed by atoms with E-state index in [2.05, 4.69) is 17.0 Å². The van der Waals surface area contributed by atoms with Crippen LogP contribution in [0.1, 0.15) is 36.7 Å². The Labute approximate surface area is 122 Å². The summed E-state index contributed by atoms with van der Waals surface area (Å²) in [5.41, 5.74) is 1.33. The molecule has 0 aliphatic carbocycles. The van der Waals surface area contributed by atoms with Crippen LogP contribution in [0, 0.1) is 13.8 Å². The summed E-state index contributed by atoms with van der Waals surface area (Å²) in [6.07, 6.45) is -2.76. The largest absolute Gasteiger partial charge is 0.408 e. The van der Waals surface area contributed by atoms with Crippen molar-refractivity contribution in [3.63, 3.8) is 0 Å². The molecule has 1 N–H and O–H groups in total. The fourth-order valence-corrected chi connectivity index (χ4v) is 2.20. The Morgan fingerprint density at radius 2 is 2.00 bits per heavy atom. The minimum absolute atomic E-state index is 0.203. The zero-order valence-electron chi connectivity index (χ0n) is 12.6. The number of aryl methyl sites for hydroxylation is 1. The van der Waals surface area contributed by atoms with Gasteiger partial charge >= 0.3 is 6.18 Å². The lowest BCUT2D eigenvalue weighted by atomic mass is 9.98. The zero-order chi connectivity index (χ0) is 16.4. The summed E-state index contributed by atoms with van der Waals surface area (Å²) in [5.74, 6) is -0.838. The first-order chi connectivity index (χ1) is 9.56. The number of nitrogens with one attached hydrogen (secondary N) is 1. The van der Waals surface area contributed by atoms with Gasteiger partial charge in [0.15, 0.2) is 0 Å². The number of aromatic nitrogens is 2. The lowest BCUT2D eigenvalue weighted by molar-refractivity contribution is -0.143. The molecule has 0 bridgehead atoms. The number of carbonyl (C=O) groups is 1. The second kappa shape index (κ2) is 6.32. The van der Waals surface area contributed by atoms with Gasteiger partial charge < -0.3 is 5.32 Å². The van der Waals surface area contributed by atoms with Crippen molar-refractivity contribution in [2.45, 2.75) is 52.4 Å². The topological polar surface area (TPSA) is 46.9 Å². The molecule has 1 rings (SSSR count). The van der Waals surface area contributed by atoms with Gasteiger partial charge in [-0.15, -0.1) is 6.58 Å². The van der Waals surface area contributed by atoms with Crippen molar-refractivity contribution in [2.24, 2.45) is 0 Å². The van der Waals surface area contributed by atoms with Gasteiger partial charge in [-0.3, -0.25) is 9.48 Å². The summed E-state index contributed by atoms with van der Waals surface area (Å²) in [6.45, 7) is 8.99. The number of alkyl halides is 3. The fourth-order valence-electron chi connectivity index (χ4n) is 2.20. The molecule has 4 nitrogen and oxygen atoms in total. The molecule has 0 aliphatic rings. The second-order valence-electron chi connectivity index (χ2n) is 5.11. The van der Waals surface area contributed by atoms with Crippen LogP contribution in [0.2, 0.25) is 0 Å². The molecule has 0 aliphatic heterocycles. The average molecular weight is 303 g/mol. The fraction of sp³-hybridized carbons (Fsp3) is 0.571. The summed E-state index contributed by atoms with van der Waals surface area (Å²) >= 11 is 0. The van der Waals surface area contributed by atoms with Crippen LogP contribution in [0.15, 0.2) is 12.7 Å². The minimum atomic E-state index is -4.34. The van der Waals surface area contributed by atoms with Crippen LogP contribution in [-0.2, 0) is 11.3 Å². The summed E-state index contributed by atoms with van der Waals surface area (Å²) in [4.78, 5) is 12.1. The Balaban J connectivity index is 3.02. The van der Waals surface area contributed by atoms with Gasteiger partial charge in [-0.05, 0) is 27.7 Å². The molecule has 0 radical (unpaired) electrons. The molecule has 0 unspecified atom stereocenters. The summed E-state index contributed by atoms with van der Waals surface area (Å²) in [6, 6.07) is -0.203. The van der Waals surface area contributed by atoms with E-state index < -0.39 is 18.6 Å². The molecule has 2 atom stereocenters. The smallest absolute Gasteiger partial charge is 0.350 e. The minimum Gasteiger partial charge on any atom is -0.350 e. The highest BCUT2D eigenvalue weighted by molar-refractivity contribution is 5.84. The molecule has 7 heteroatoms. The molecule has 0 aromatic carbocycles. The third kappa shape index (κ3) is 4.34. The van der Waals surface area contributed by atoms with Crippen LogP contribution in [0.25, 0.3) is 0 Å². The lowest BCUT2D eigenvalue weighted by Gasteiger charge is -2.16. The standard InChI is InChI=1S/C14H20F3N3O/c1-6-8(2)18-13(21)9(3)12-10(4)19-20(11(12)5)7-14(15,16)17/h6,8-9H,1,7H2,2-5H3,(H,18,21)/t8-,9-/m0/s1. The predicted octanol–water partition coefficient (Wildman–Crippen LogP) is 2.86. The number of nitrogens with zero attached hydrogens (tertiary/aromatic N) is 2. The summed E-state index contributed by atoms with van der Waals surface area (Å²) in [5, 5.41) is 6.62. The van der Waals surface area contributed by atoms with Gasteiger partial charge in [0.2, 0.25) is 5.91 Å². The van der Waals surface area contributed by atoms with E-state index in [0.717, 1.165) is 4.68 Å². The molecular weight excluding hydrogens is 283 g/mol. The quantitative estimate of drug-likeness (QED) is 0.850. The second-order valence-corrected chi connectivity index (χ2v) is 5.11. The Kier molecular flexibility index (Phi) is 5.20. The van der Waals surface area contributed by atoms with E-state index in [4.69, 9.17) is 0 Å². The van der Waals surface area contributed by atoms with Crippen LogP contribution < -0.4 is 5.32 Å². The van der Waals surface area contributed by atoms with Crippen LogP contribution >= 0.6 is 0 Å². The summed E-state index contributed by atoms with van der Waals surface area (Å²) < 4.78 is 38.4. The van der Waals surface area contributed by atoms with Gasteiger partial charge in [0, 0.05) is 17.3 Å². The van der Waals surface area contributed by atoms with Crippen molar-refractivity contribution in [3.05, 3.63) is 29.6 Å². The van der Waals surface area contributed by atoms with E-state index in [-0.39, 0.29) is 11.9 Å². The highest BCUT2D eigenvalue weighted by Gasteiger charge is 2.31. The Bertz CT molecular complexity index is 534. The SMILES string of the molecule is C=C[C@H](C)NC(=O)[C@@H](C)c1c(C)nn(CC(F)(F)F)c1C. The van der Waals surface area contributed by atoms with Gasteiger partial charge in [-0.25, -0.2) is 0 Å². The number of carbonyl (C=O) groups excluding carboxylic acids is 1. The molecule has 21 heavy (non-hydrogen) atoms. The van der Waals surface area contributed by atoms with Crippen molar-refractivity contribution in [3.8, 4) is 0 Å². The molecule has 0 saturated carbocycles. The van der Waals surface area contributed by atoms with Crippen LogP contribution in [0.4, 0.5) is 13.2 Å². The maximum atomic E-state index is 12.5. The first kappa shape index (κ1) is 17.3. The van der Waals surface area contributed by atoms with Crippen molar-refractivity contribution in [2.75, 3.05) is 0 Å². The van der Waals surface area contributed by atoms with E-state index >= 15 is 0 Å². The first-order valence-electron chi connectivity index (χ1n) is 6.60. The van der Waals surface area contributed by atoms with Gasteiger partial charge in [-0.2, -0.15) is 18.3 Å². The van der Waals surface area contributed by atoms with E-state index in [1.165, 1.54) is 0 Å². The predicted molar refractivity (Wildman–Crippen MR) is 74.0 cm³/mol. The molecule has 1 aromatic rings. The normalized spacial score (nSPS) is 14.6. The highest BCUT2D eigenvalue weighted by Crippen LogP contribution is 2.26. The number of halogens is 3. The van der Waals surface area contributed by atoms with Crippen molar-refractivity contribution in [1.82, 2.24) is 15.1 Å². The number of hydrogen-bond acceptors (Lipinski definition) is 2. The number of amides is 1. The monoisotopic (exact) mass is 303 g/mol. The molecule has 1 heterocycles. The van der Waals surface area contributed by atoms with Crippen LogP contribution in [0.5, 0.6) is 0 Å². The van der Waals surface area contributed by atoms with Crippen molar-refractivity contribution >= 4 is 5.91 Å². The molecule has 1 aromatic heterocycles. The average Bonchev–Trinajstić information content (AvgIpc) is 2.61.